The molecule has 2 fully saturated rings. The van der Waals surface area contributed by atoms with Gasteiger partial charge in [-0.2, -0.15) is 0 Å². The van der Waals surface area contributed by atoms with Crippen LogP contribution in [0.4, 0.5) is 0 Å². The highest BCUT2D eigenvalue weighted by atomic mass is 32.1. The Morgan fingerprint density at radius 2 is 1.88 bits per heavy atom. The van der Waals surface area contributed by atoms with Crippen LogP contribution in [-0.4, -0.2) is 47.8 Å². The van der Waals surface area contributed by atoms with E-state index in [1.165, 1.54) is 11.3 Å². The maximum atomic E-state index is 10.2. The summed E-state index contributed by atoms with van der Waals surface area (Å²) >= 11 is 1.51. The highest BCUT2D eigenvalue weighted by Gasteiger charge is 2.48. The van der Waals surface area contributed by atoms with Crippen molar-refractivity contribution in [2.75, 3.05) is 13.2 Å². The Morgan fingerprint density at radius 1 is 1.04 bits per heavy atom. The molecule has 2 N–H and O–H groups in total. The molecular weight excluding hydrogens is 344 g/mol. The van der Waals surface area contributed by atoms with Crippen LogP contribution in [0.3, 0.4) is 0 Å². The Bertz CT molecular complexity index is 663. The van der Waals surface area contributed by atoms with E-state index in [1.54, 1.807) is 0 Å². The summed E-state index contributed by atoms with van der Waals surface area (Å²) in [5, 5.41) is 21.6. The van der Waals surface area contributed by atoms with Crippen LogP contribution in [0.5, 0.6) is 0 Å². The zero-order valence-electron chi connectivity index (χ0n) is 13.4. The lowest BCUT2D eigenvalue weighted by Crippen LogP contribution is -2.58. The summed E-state index contributed by atoms with van der Waals surface area (Å²) in [5.41, 5.74) is 0.888. The molecule has 6 nitrogen and oxygen atoms in total. The van der Waals surface area contributed by atoms with E-state index < -0.39 is 37.5 Å². The summed E-state index contributed by atoms with van der Waals surface area (Å²) in [6.07, 6.45) is -3.84. The molecule has 0 bridgehead atoms. The van der Waals surface area contributed by atoms with Gasteiger partial charge in [-0.3, -0.25) is 0 Å². The Hall–Kier alpha value is -1.32. The van der Waals surface area contributed by atoms with Gasteiger partial charge in [-0.05, 0) is 11.4 Å². The van der Waals surface area contributed by atoms with Crippen molar-refractivity contribution in [3.8, 4) is 0 Å². The van der Waals surface area contributed by atoms with E-state index in [2.05, 4.69) is 0 Å². The lowest BCUT2D eigenvalue weighted by Gasteiger charge is -2.46. The zero-order chi connectivity index (χ0) is 17.2. The smallest absolute Gasteiger partial charge is 0.194 e. The molecule has 1 aromatic carbocycles. The van der Waals surface area contributed by atoms with Crippen LogP contribution >= 0.6 is 11.3 Å². The van der Waals surface area contributed by atoms with Gasteiger partial charge in [-0.1, -0.05) is 36.4 Å². The Labute approximate surface area is 149 Å². The number of ether oxygens (including phenoxy) is 4. The lowest BCUT2D eigenvalue weighted by atomic mass is 10.00. The van der Waals surface area contributed by atoms with Crippen molar-refractivity contribution in [1.82, 2.24) is 0 Å². The van der Waals surface area contributed by atoms with E-state index in [0.717, 1.165) is 10.4 Å². The molecule has 4 rings (SSSR count). The van der Waals surface area contributed by atoms with Crippen LogP contribution in [-0.2, 0) is 18.9 Å². The first-order valence-corrected chi connectivity index (χ1v) is 9.09. The van der Waals surface area contributed by atoms with Crippen molar-refractivity contribution in [3.05, 3.63) is 58.3 Å². The number of rotatable bonds is 4. The van der Waals surface area contributed by atoms with E-state index in [-0.39, 0.29) is 6.10 Å². The molecule has 3 heterocycles. The third-order valence-corrected chi connectivity index (χ3v) is 5.27. The summed E-state index contributed by atoms with van der Waals surface area (Å²) in [6, 6.07) is 13.4. The van der Waals surface area contributed by atoms with Crippen LogP contribution in [0, 0.1) is 0 Å². The SMILES string of the molecule is OCC(O)[C@H]1OC(c2cccs2)O[C@H]2COC(c3ccccc3)O[C@H]21. The first-order chi connectivity index (χ1) is 12.3. The third-order valence-electron chi connectivity index (χ3n) is 4.38. The Morgan fingerprint density at radius 3 is 2.60 bits per heavy atom. The summed E-state index contributed by atoms with van der Waals surface area (Å²) < 4.78 is 23.8. The monoisotopic (exact) mass is 364 g/mol. The number of thiophene rings is 1. The fourth-order valence-corrected chi connectivity index (χ4v) is 3.82. The molecule has 0 radical (unpaired) electrons. The van der Waals surface area contributed by atoms with E-state index in [0.29, 0.717) is 6.61 Å². The van der Waals surface area contributed by atoms with Crippen LogP contribution in [0.1, 0.15) is 23.0 Å². The third kappa shape index (κ3) is 3.50. The molecule has 2 saturated heterocycles. The van der Waals surface area contributed by atoms with Crippen molar-refractivity contribution in [3.63, 3.8) is 0 Å². The predicted octanol–water partition coefficient (Wildman–Crippen LogP) is 2.00. The molecule has 0 aliphatic carbocycles. The largest absolute Gasteiger partial charge is 0.394 e. The average Bonchev–Trinajstić information content (AvgIpc) is 3.21. The van der Waals surface area contributed by atoms with Gasteiger partial charge >= 0.3 is 0 Å². The second-order valence-corrected chi connectivity index (χ2v) is 7.03. The number of benzene rings is 1. The fraction of sp³-hybridized carbons (Fsp3) is 0.444. The molecule has 6 atom stereocenters. The second-order valence-electron chi connectivity index (χ2n) is 6.05. The fourth-order valence-electron chi connectivity index (χ4n) is 3.12. The molecule has 3 unspecified atom stereocenters. The molecule has 1 aromatic heterocycles. The van der Waals surface area contributed by atoms with Gasteiger partial charge in [0, 0.05) is 5.56 Å². The molecule has 2 aliphatic rings. The van der Waals surface area contributed by atoms with Gasteiger partial charge < -0.3 is 29.2 Å². The van der Waals surface area contributed by atoms with E-state index in [9.17, 15) is 10.2 Å². The standard InChI is InChI=1S/C18H20O6S/c19-9-12(20)15-16-13(22-18(23-15)14-7-4-8-25-14)10-21-17(24-16)11-5-2-1-3-6-11/h1-8,12-13,15-20H,9-10H2/t12?,13-,15+,16+,17?,18?/m0/s1. The zero-order valence-corrected chi connectivity index (χ0v) is 14.2. The number of hydrogen-bond donors (Lipinski definition) is 2. The van der Waals surface area contributed by atoms with Crippen molar-refractivity contribution in [2.24, 2.45) is 0 Å². The van der Waals surface area contributed by atoms with Crippen LogP contribution < -0.4 is 0 Å². The number of aliphatic hydroxyl groups excluding tert-OH is 2. The van der Waals surface area contributed by atoms with Gasteiger partial charge in [0.25, 0.3) is 0 Å². The minimum absolute atomic E-state index is 0.324. The van der Waals surface area contributed by atoms with Crippen molar-refractivity contribution in [2.45, 2.75) is 37.0 Å². The highest BCUT2D eigenvalue weighted by Crippen LogP contribution is 2.39. The number of aliphatic hydroxyl groups is 2. The first kappa shape index (κ1) is 17.1. The van der Waals surface area contributed by atoms with Gasteiger partial charge in [-0.25, -0.2) is 0 Å². The summed E-state index contributed by atoms with van der Waals surface area (Å²) in [4.78, 5) is 0.902. The van der Waals surface area contributed by atoms with E-state index in [1.807, 2.05) is 47.8 Å². The van der Waals surface area contributed by atoms with Gasteiger partial charge in [0.15, 0.2) is 12.6 Å². The molecule has 2 aliphatic heterocycles. The van der Waals surface area contributed by atoms with E-state index in [4.69, 9.17) is 18.9 Å². The molecule has 2 aromatic rings. The van der Waals surface area contributed by atoms with Crippen LogP contribution in [0.15, 0.2) is 47.8 Å². The second kappa shape index (κ2) is 7.51. The predicted molar refractivity (Wildman–Crippen MR) is 89.9 cm³/mol. The molecule has 134 valence electrons. The molecular formula is C18H20O6S. The van der Waals surface area contributed by atoms with Crippen molar-refractivity contribution < 1.29 is 29.2 Å². The molecule has 0 saturated carbocycles. The quantitative estimate of drug-likeness (QED) is 0.864. The summed E-state index contributed by atoms with van der Waals surface area (Å²) in [5.74, 6) is 0. The summed E-state index contributed by atoms with van der Waals surface area (Å²) in [6.45, 7) is -0.0879. The Balaban J connectivity index is 1.55. The Kier molecular flexibility index (Phi) is 5.14. The minimum Gasteiger partial charge on any atom is -0.394 e. The van der Waals surface area contributed by atoms with Crippen LogP contribution in [0.25, 0.3) is 0 Å². The summed E-state index contributed by atoms with van der Waals surface area (Å²) in [7, 11) is 0. The average molecular weight is 364 g/mol. The molecule has 0 spiro atoms. The number of fused-ring (bicyclic) bond motifs is 1. The van der Waals surface area contributed by atoms with E-state index >= 15 is 0 Å². The van der Waals surface area contributed by atoms with Gasteiger partial charge in [0.1, 0.15) is 24.4 Å². The normalized spacial score (nSPS) is 33.6. The van der Waals surface area contributed by atoms with Gasteiger partial charge in [0.05, 0.1) is 18.1 Å². The topological polar surface area (TPSA) is 77.4 Å². The van der Waals surface area contributed by atoms with Gasteiger partial charge in [-0.15, -0.1) is 11.3 Å². The molecule has 7 heteroatoms. The lowest BCUT2D eigenvalue weighted by molar-refractivity contribution is -0.373. The van der Waals surface area contributed by atoms with Crippen LogP contribution in [0.2, 0.25) is 0 Å². The maximum Gasteiger partial charge on any atom is 0.194 e. The number of hydrogen-bond acceptors (Lipinski definition) is 7. The molecule has 25 heavy (non-hydrogen) atoms. The van der Waals surface area contributed by atoms with Gasteiger partial charge in [0.2, 0.25) is 0 Å². The minimum atomic E-state index is -1.06. The van der Waals surface area contributed by atoms with Crippen molar-refractivity contribution in [1.29, 1.82) is 0 Å². The maximum absolute atomic E-state index is 10.2. The highest BCUT2D eigenvalue weighted by molar-refractivity contribution is 7.10. The molecule has 0 amide bonds. The first-order valence-electron chi connectivity index (χ1n) is 8.21. The van der Waals surface area contributed by atoms with Crippen molar-refractivity contribution >= 4 is 11.3 Å².